The van der Waals surface area contributed by atoms with Gasteiger partial charge in [-0.3, -0.25) is 18.8 Å². The van der Waals surface area contributed by atoms with Gasteiger partial charge in [0.05, 0.1) is 0 Å². The monoisotopic (exact) mass is 332 g/mol. The lowest BCUT2D eigenvalue weighted by molar-refractivity contribution is 0.149. The minimum absolute atomic E-state index is 0.00592. The Hall–Kier alpha value is -2.25. The van der Waals surface area contributed by atoms with E-state index in [1.165, 1.54) is 29.8 Å². The summed E-state index contributed by atoms with van der Waals surface area (Å²) in [4.78, 5) is 26.2. The van der Waals surface area contributed by atoms with Gasteiger partial charge in [-0.25, -0.2) is 9.18 Å². The first-order valence-corrected chi connectivity index (χ1v) is 7.93. The van der Waals surface area contributed by atoms with Crippen molar-refractivity contribution in [1.29, 1.82) is 0 Å². The summed E-state index contributed by atoms with van der Waals surface area (Å²) in [7, 11) is 3.13. The molecule has 0 bridgehead atoms. The number of nitrogens with one attached hydrogen (secondary N) is 1. The van der Waals surface area contributed by atoms with E-state index in [1.807, 2.05) is 6.07 Å². The summed E-state index contributed by atoms with van der Waals surface area (Å²) in [5, 5.41) is 3.32. The molecule has 1 saturated heterocycles. The van der Waals surface area contributed by atoms with Crippen LogP contribution in [0.3, 0.4) is 0 Å². The summed E-state index contributed by atoms with van der Waals surface area (Å²) < 4.78 is 16.1. The van der Waals surface area contributed by atoms with E-state index in [2.05, 4.69) is 10.2 Å². The van der Waals surface area contributed by atoms with Crippen LogP contribution in [0.1, 0.15) is 17.3 Å². The molecule has 3 rings (SSSR count). The quantitative estimate of drug-likeness (QED) is 0.882. The van der Waals surface area contributed by atoms with Crippen molar-refractivity contribution in [3.05, 3.63) is 68.2 Å². The number of benzene rings is 1. The lowest BCUT2D eigenvalue weighted by Crippen LogP contribution is -2.47. The maximum atomic E-state index is 13.6. The van der Waals surface area contributed by atoms with Gasteiger partial charge in [0.25, 0.3) is 5.56 Å². The fraction of sp³-hybridized carbons (Fsp3) is 0.412. The average Bonchev–Trinajstić information content (AvgIpc) is 2.58. The molecule has 6 nitrogen and oxygen atoms in total. The topological polar surface area (TPSA) is 59.3 Å². The fourth-order valence-corrected chi connectivity index (χ4v) is 3.12. The molecule has 1 unspecified atom stereocenters. The largest absolute Gasteiger partial charge is 0.330 e. The van der Waals surface area contributed by atoms with Crippen molar-refractivity contribution >= 4 is 0 Å². The van der Waals surface area contributed by atoms with Crippen LogP contribution >= 0.6 is 0 Å². The minimum atomic E-state index is -0.338. The lowest BCUT2D eigenvalue weighted by atomic mass is 10.0. The van der Waals surface area contributed by atoms with Crippen LogP contribution in [-0.4, -0.2) is 33.7 Å². The summed E-state index contributed by atoms with van der Waals surface area (Å²) in [5.41, 5.74) is 0.892. The number of halogens is 1. The van der Waals surface area contributed by atoms with Crippen LogP contribution in [0.2, 0.25) is 0 Å². The van der Waals surface area contributed by atoms with Gasteiger partial charge in [-0.2, -0.15) is 0 Å². The number of aromatic nitrogens is 2. The van der Waals surface area contributed by atoms with E-state index in [0.29, 0.717) is 18.8 Å². The Labute approximate surface area is 139 Å². The van der Waals surface area contributed by atoms with Crippen LogP contribution in [0, 0.1) is 5.82 Å². The molecule has 7 heteroatoms. The van der Waals surface area contributed by atoms with Crippen molar-refractivity contribution in [3.8, 4) is 0 Å². The van der Waals surface area contributed by atoms with Gasteiger partial charge in [-0.1, -0.05) is 12.1 Å². The first kappa shape index (κ1) is 16.6. The third-order valence-electron chi connectivity index (χ3n) is 4.58. The molecule has 0 spiro atoms. The Morgan fingerprint density at radius 1 is 1.21 bits per heavy atom. The predicted molar refractivity (Wildman–Crippen MR) is 89.3 cm³/mol. The molecule has 2 heterocycles. The molecule has 1 aromatic heterocycles. The molecule has 128 valence electrons. The standard InChI is InChI=1S/C17H21FN4O2/c1-20-14(9-16(23)21(2)17(20)24)11-22-7-6-19-10-15(22)12-4-3-5-13(18)8-12/h3-5,8-9,15,19H,6-7,10-11H2,1-2H3. The lowest BCUT2D eigenvalue weighted by Gasteiger charge is -2.36. The zero-order chi connectivity index (χ0) is 17.3. The number of hydrogen-bond acceptors (Lipinski definition) is 4. The van der Waals surface area contributed by atoms with Gasteiger partial charge in [0.15, 0.2) is 0 Å². The zero-order valence-electron chi connectivity index (χ0n) is 13.8. The Morgan fingerprint density at radius 3 is 2.75 bits per heavy atom. The van der Waals surface area contributed by atoms with Crippen LogP contribution < -0.4 is 16.6 Å². The maximum absolute atomic E-state index is 13.6. The maximum Gasteiger partial charge on any atom is 0.330 e. The highest BCUT2D eigenvalue weighted by Gasteiger charge is 2.25. The van der Waals surface area contributed by atoms with Crippen LogP contribution in [0.15, 0.2) is 39.9 Å². The smallest absolute Gasteiger partial charge is 0.314 e. The Bertz CT molecular complexity index is 858. The van der Waals surface area contributed by atoms with Crippen LogP contribution in [0.4, 0.5) is 4.39 Å². The molecule has 1 N–H and O–H groups in total. The molecule has 1 aromatic carbocycles. The summed E-state index contributed by atoms with van der Waals surface area (Å²) in [6.07, 6.45) is 0. The molecule has 1 aliphatic heterocycles. The van der Waals surface area contributed by atoms with E-state index in [1.54, 1.807) is 13.1 Å². The first-order chi connectivity index (χ1) is 11.5. The van der Waals surface area contributed by atoms with Crippen molar-refractivity contribution in [2.24, 2.45) is 14.1 Å². The molecule has 0 amide bonds. The number of piperazine rings is 1. The van der Waals surface area contributed by atoms with Crippen molar-refractivity contribution in [1.82, 2.24) is 19.4 Å². The van der Waals surface area contributed by atoms with Gasteiger partial charge in [-0.05, 0) is 17.7 Å². The summed E-state index contributed by atoms with van der Waals surface area (Å²) in [5.74, 6) is -0.265. The summed E-state index contributed by atoms with van der Waals surface area (Å²) in [6, 6.07) is 8.05. The van der Waals surface area contributed by atoms with Crippen LogP contribution in [0.25, 0.3) is 0 Å². The second-order valence-electron chi connectivity index (χ2n) is 6.12. The average molecular weight is 332 g/mol. The molecular formula is C17H21FN4O2. The van der Waals surface area contributed by atoms with E-state index in [0.717, 1.165) is 23.2 Å². The van der Waals surface area contributed by atoms with E-state index in [-0.39, 0.29) is 23.1 Å². The van der Waals surface area contributed by atoms with Gasteiger partial charge in [0.2, 0.25) is 0 Å². The van der Waals surface area contributed by atoms with Crippen LogP contribution in [-0.2, 0) is 20.6 Å². The van der Waals surface area contributed by atoms with Crippen molar-refractivity contribution in [2.45, 2.75) is 12.6 Å². The Balaban J connectivity index is 1.93. The highest BCUT2D eigenvalue weighted by molar-refractivity contribution is 5.21. The van der Waals surface area contributed by atoms with Crippen molar-refractivity contribution < 1.29 is 4.39 Å². The third kappa shape index (κ3) is 3.18. The van der Waals surface area contributed by atoms with E-state index in [4.69, 9.17) is 0 Å². The minimum Gasteiger partial charge on any atom is -0.314 e. The van der Waals surface area contributed by atoms with E-state index in [9.17, 15) is 14.0 Å². The number of rotatable bonds is 3. The van der Waals surface area contributed by atoms with Crippen molar-refractivity contribution in [3.63, 3.8) is 0 Å². The second-order valence-corrected chi connectivity index (χ2v) is 6.12. The summed E-state index contributed by atoms with van der Waals surface area (Å²) in [6.45, 7) is 2.72. The number of hydrogen-bond donors (Lipinski definition) is 1. The Kier molecular flexibility index (Phi) is 4.64. The van der Waals surface area contributed by atoms with Gasteiger partial charge < -0.3 is 5.32 Å². The van der Waals surface area contributed by atoms with Gasteiger partial charge in [0, 0.05) is 58.1 Å². The third-order valence-corrected chi connectivity index (χ3v) is 4.58. The molecule has 1 fully saturated rings. The highest BCUT2D eigenvalue weighted by Crippen LogP contribution is 2.24. The molecule has 2 aromatic rings. The molecule has 0 radical (unpaired) electrons. The van der Waals surface area contributed by atoms with E-state index >= 15 is 0 Å². The molecular weight excluding hydrogens is 311 g/mol. The molecule has 0 aliphatic carbocycles. The molecule has 1 aliphatic rings. The Morgan fingerprint density at radius 2 is 2.00 bits per heavy atom. The SMILES string of the molecule is Cn1c(CN2CCNCC2c2cccc(F)c2)cc(=O)n(C)c1=O. The summed E-state index contributed by atoms with van der Waals surface area (Å²) >= 11 is 0. The van der Waals surface area contributed by atoms with Gasteiger partial charge in [0.1, 0.15) is 5.82 Å². The molecule has 24 heavy (non-hydrogen) atoms. The molecule has 0 saturated carbocycles. The first-order valence-electron chi connectivity index (χ1n) is 7.93. The molecule has 1 atom stereocenters. The zero-order valence-corrected chi connectivity index (χ0v) is 13.8. The van der Waals surface area contributed by atoms with Gasteiger partial charge in [-0.15, -0.1) is 0 Å². The van der Waals surface area contributed by atoms with Gasteiger partial charge >= 0.3 is 5.69 Å². The fourth-order valence-electron chi connectivity index (χ4n) is 3.12. The number of nitrogens with zero attached hydrogens (tertiary/aromatic N) is 3. The van der Waals surface area contributed by atoms with E-state index < -0.39 is 0 Å². The van der Waals surface area contributed by atoms with Crippen molar-refractivity contribution in [2.75, 3.05) is 19.6 Å². The van der Waals surface area contributed by atoms with Crippen LogP contribution in [0.5, 0.6) is 0 Å². The second kappa shape index (κ2) is 6.70. The highest BCUT2D eigenvalue weighted by atomic mass is 19.1. The predicted octanol–water partition coefficient (Wildman–Crippen LogP) is 0.370. The normalized spacial score (nSPS) is 18.7.